The molecular weight excluding hydrogens is 242 g/mol. The zero-order valence-corrected chi connectivity index (χ0v) is 12.7. The van der Waals surface area contributed by atoms with Gasteiger partial charge in [-0.15, -0.1) is 0 Å². The van der Waals surface area contributed by atoms with E-state index in [0.717, 1.165) is 24.3 Å². The average Bonchev–Trinajstić information content (AvgIpc) is 2.43. The first-order valence-electron chi connectivity index (χ1n) is 6.57. The van der Waals surface area contributed by atoms with Gasteiger partial charge in [0, 0.05) is 24.9 Å². The van der Waals surface area contributed by atoms with Gasteiger partial charge in [0.15, 0.2) is 0 Å². The van der Waals surface area contributed by atoms with E-state index in [4.69, 9.17) is 5.73 Å². The van der Waals surface area contributed by atoms with Crippen LogP contribution in [0.4, 0.5) is 5.69 Å². The molecule has 0 fully saturated rings. The van der Waals surface area contributed by atoms with Crippen molar-refractivity contribution in [3.8, 4) is 0 Å². The number of nitrogens with two attached hydrogens (primary N) is 1. The largest absolute Gasteiger partial charge is 0.370 e. The Balaban J connectivity index is 2.77. The minimum atomic E-state index is 0.0533. The Morgan fingerprint density at radius 1 is 1.33 bits per heavy atom. The van der Waals surface area contributed by atoms with Crippen LogP contribution in [0.3, 0.4) is 0 Å². The summed E-state index contributed by atoms with van der Waals surface area (Å²) in [6.07, 6.45) is 6.16. The summed E-state index contributed by atoms with van der Waals surface area (Å²) in [6.45, 7) is 4.31. The molecule has 0 radical (unpaired) electrons. The van der Waals surface area contributed by atoms with Gasteiger partial charge in [0.1, 0.15) is 0 Å². The van der Waals surface area contributed by atoms with Crippen LogP contribution in [0, 0.1) is 0 Å². The molecule has 1 aromatic rings. The van der Waals surface area contributed by atoms with Crippen LogP contribution in [0.5, 0.6) is 0 Å². The Kier molecular flexibility index (Phi) is 6.50. The van der Waals surface area contributed by atoms with Gasteiger partial charge < -0.3 is 10.6 Å². The third-order valence-corrected chi connectivity index (χ3v) is 4.09. The number of anilines is 1. The van der Waals surface area contributed by atoms with Gasteiger partial charge in [-0.25, -0.2) is 0 Å². The normalized spacial score (nSPS) is 14.3. The van der Waals surface area contributed by atoms with Gasteiger partial charge in [-0.05, 0) is 31.2 Å². The zero-order chi connectivity index (χ0) is 13.5. The molecular formula is C14H25N3S. The molecule has 1 unspecified atom stereocenters. The molecule has 1 rings (SSSR count). The van der Waals surface area contributed by atoms with Gasteiger partial charge in [-0.2, -0.15) is 11.8 Å². The number of aromatic nitrogens is 1. The maximum atomic E-state index is 5.97. The summed E-state index contributed by atoms with van der Waals surface area (Å²) in [4.78, 5) is 6.78. The molecule has 0 bridgehead atoms. The van der Waals surface area contributed by atoms with Crippen molar-refractivity contribution in [2.24, 2.45) is 5.73 Å². The van der Waals surface area contributed by atoms with E-state index in [1.807, 2.05) is 24.0 Å². The van der Waals surface area contributed by atoms with E-state index in [1.54, 1.807) is 0 Å². The fraction of sp³-hybridized carbons (Fsp3) is 0.643. The lowest BCUT2D eigenvalue weighted by atomic mass is 10.1. The molecule has 0 aliphatic rings. The minimum absolute atomic E-state index is 0.0533. The van der Waals surface area contributed by atoms with Crippen LogP contribution in [0.2, 0.25) is 0 Å². The third kappa shape index (κ3) is 3.89. The Bertz CT molecular complexity index is 339. The van der Waals surface area contributed by atoms with Crippen molar-refractivity contribution in [3.63, 3.8) is 0 Å². The van der Waals surface area contributed by atoms with E-state index in [0.29, 0.717) is 6.04 Å². The molecule has 1 heterocycles. The lowest BCUT2D eigenvalue weighted by Crippen LogP contribution is -2.33. The van der Waals surface area contributed by atoms with Gasteiger partial charge in [-0.1, -0.05) is 13.8 Å². The van der Waals surface area contributed by atoms with Crippen LogP contribution >= 0.6 is 11.8 Å². The van der Waals surface area contributed by atoms with E-state index in [9.17, 15) is 0 Å². The van der Waals surface area contributed by atoms with E-state index >= 15 is 0 Å². The molecule has 0 saturated carbocycles. The molecule has 18 heavy (non-hydrogen) atoms. The lowest BCUT2D eigenvalue weighted by Gasteiger charge is -2.28. The van der Waals surface area contributed by atoms with E-state index in [-0.39, 0.29) is 6.04 Å². The highest BCUT2D eigenvalue weighted by Crippen LogP contribution is 2.20. The maximum Gasteiger partial charge on any atom is 0.0572 e. The van der Waals surface area contributed by atoms with E-state index in [2.05, 4.69) is 43.1 Å². The number of nitrogens with zero attached hydrogens (tertiary/aromatic N) is 2. The van der Waals surface area contributed by atoms with E-state index in [1.165, 1.54) is 5.69 Å². The summed E-state index contributed by atoms with van der Waals surface area (Å²) >= 11 is 1.89. The van der Waals surface area contributed by atoms with Crippen molar-refractivity contribution in [3.05, 3.63) is 24.0 Å². The van der Waals surface area contributed by atoms with Crippen LogP contribution in [-0.4, -0.2) is 30.1 Å². The number of thioether (sulfide) groups is 1. The van der Waals surface area contributed by atoms with Crippen LogP contribution in [-0.2, 0) is 0 Å². The van der Waals surface area contributed by atoms with Gasteiger partial charge in [-0.3, -0.25) is 4.98 Å². The summed E-state index contributed by atoms with van der Waals surface area (Å²) in [5.41, 5.74) is 8.12. The molecule has 0 spiro atoms. The Labute approximate surface area is 115 Å². The number of hydrogen-bond acceptors (Lipinski definition) is 4. The highest BCUT2D eigenvalue weighted by molar-refractivity contribution is 7.98. The molecule has 2 atom stereocenters. The van der Waals surface area contributed by atoms with Gasteiger partial charge >= 0.3 is 0 Å². The van der Waals surface area contributed by atoms with Crippen LogP contribution < -0.4 is 10.6 Å². The Morgan fingerprint density at radius 2 is 2.06 bits per heavy atom. The number of hydrogen-bond donors (Lipinski definition) is 1. The first-order valence-corrected chi connectivity index (χ1v) is 7.96. The zero-order valence-electron chi connectivity index (χ0n) is 11.9. The van der Waals surface area contributed by atoms with Crippen LogP contribution in [0.25, 0.3) is 0 Å². The molecule has 0 aliphatic heterocycles. The van der Waals surface area contributed by atoms with Gasteiger partial charge in [0.2, 0.25) is 0 Å². The fourth-order valence-electron chi connectivity index (χ4n) is 1.94. The Hall–Kier alpha value is -0.740. The monoisotopic (exact) mass is 267 g/mol. The highest BCUT2D eigenvalue weighted by atomic mass is 32.2. The molecule has 3 nitrogen and oxygen atoms in total. The summed E-state index contributed by atoms with van der Waals surface area (Å²) in [6, 6.07) is 4.79. The fourth-order valence-corrected chi connectivity index (χ4v) is 2.79. The summed E-state index contributed by atoms with van der Waals surface area (Å²) in [5.74, 6) is 1.14. The van der Waals surface area contributed by atoms with Crippen LogP contribution in [0.15, 0.2) is 18.3 Å². The van der Waals surface area contributed by atoms with Crippen molar-refractivity contribution in [1.29, 1.82) is 0 Å². The molecule has 1 aromatic heterocycles. The summed E-state index contributed by atoms with van der Waals surface area (Å²) in [5, 5.41) is 0. The predicted molar refractivity (Wildman–Crippen MR) is 82.3 cm³/mol. The van der Waals surface area contributed by atoms with Crippen molar-refractivity contribution < 1.29 is 0 Å². The number of pyridine rings is 1. The Morgan fingerprint density at radius 3 is 2.50 bits per heavy atom. The molecule has 0 aromatic carbocycles. The molecule has 2 N–H and O–H groups in total. The average molecular weight is 267 g/mol. The molecule has 102 valence electrons. The molecule has 0 amide bonds. The van der Waals surface area contributed by atoms with Crippen molar-refractivity contribution in [2.45, 2.75) is 38.8 Å². The lowest BCUT2D eigenvalue weighted by molar-refractivity contribution is 0.662. The second-order valence-electron chi connectivity index (χ2n) is 4.58. The standard InChI is InChI=1S/C14H25N3S/c1-5-11(10-18-4)17(3)12-7-8-14(16-9-12)13(15)6-2/h7-9,11,13H,5-6,10,15H2,1-4H3/t11?,13-/m0/s1. The smallest absolute Gasteiger partial charge is 0.0572 e. The minimum Gasteiger partial charge on any atom is -0.370 e. The quantitative estimate of drug-likeness (QED) is 0.824. The highest BCUT2D eigenvalue weighted by Gasteiger charge is 2.13. The van der Waals surface area contributed by atoms with Crippen LogP contribution in [0.1, 0.15) is 38.4 Å². The predicted octanol–water partition coefficient (Wildman–Crippen LogP) is 3.07. The van der Waals surface area contributed by atoms with Crippen molar-refractivity contribution in [2.75, 3.05) is 24.0 Å². The first-order chi connectivity index (χ1) is 8.63. The molecule has 0 aliphatic carbocycles. The topological polar surface area (TPSA) is 42.1 Å². The maximum absolute atomic E-state index is 5.97. The second kappa shape index (κ2) is 7.64. The number of rotatable bonds is 7. The third-order valence-electron chi connectivity index (χ3n) is 3.38. The van der Waals surface area contributed by atoms with Gasteiger partial charge in [0.25, 0.3) is 0 Å². The van der Waals surface area contributed by atoms with Crippen molar-refractivity contribution >= 4 is 17.4 Å². The van der Waals surface area contributed by atoms with E-state index < -0.39 is 0 Å². The van der Waals surface area contributed by atoms with Gasteiger partial charge in [0.05, 0.1) is 17.6 Å². The molecule has 4 heteroatoms. The van der Waals surface area contributed by atoms with Crippen molar-refractivity contribution in [1.82, 2.24) is 4.98 Å². The second-order valence-corrected chi connectivity index (χ2v) is 5.50. The summed E-state index contributed by atoms with van der Waals surface area (Å²) in [7, 11) is 2.14. The summed E-state index contributed by atoms with van der Waals surface area (Å²) < 4.78 is 0. The SMILES string of the molecule is CCC(CSC)N(C)c1ccc([C@@H](N)CC)nc1. The molecule has 0 saturated heterocycles. The first kappa shape index (κ1) is 15.3.